The Morgan fingerprint density at radius 3 is 0.966 bits per heavy atom. The number of rotatable bonds is 47. The molecule has 0 aromatic carbocycles. The summed E-state index contributed by atoms with van der Waals surface area (Å²) in [5.41, 5.74) is 0. The van der Waals surface area contributed by atoms with Gasteiger partial charge in [0.15, 0.2) is 6.10 Å². The van der Waals surface area contributed by atoms with Gasteiger partial charge in [-0.3, -0.25) is 14.4 Å². The summed E-state index contributed by atoms with van der Waals surface area (Å²) in [4.78, 5) is 37.6. The van der Waals surface area contributed by atoms with Crippen molar-refractivity contribution in [2.45, 2.75) is 298 Å². The van der Waals surface area contributed by atoms with Gasteiger partial charge in [0.2, 0.25) is 0 Å². The van der Waals surface area contributed by atoms with Crippen LogP contribution in [-0.2, 0) is 28.6 Å². The second kappa shape index (κ2) is 45.9. The van der Waals surface area contributed by atoms with E-state index in [2.05, 4.69) is 34.6 Å². The van der Waals surface area contributed by atoms with Crippen LogP contribution in [0.4, 0.5) is 0 Å². The maximum Gasteiger partial charge on any atom is 0.306 e. The lowest BCUT2D eigenvalue weighted by molar-refractivity contribution is -0.167. The van der Waals surface area contributed by atoms with Gasteiger partial charge in [-0.15, -0.1) is 0 Å². The predicted molar refractivity (Wildman–Crippen MR) is 252 cm³/mol. The molecule has 0 aromatic heterocycles. The van der Waals surface area contributed by atoms with Crippen molar-refractivity contribution < 1.29 is 28.6 Å². The lowest BCUT2D eigenvalue weighted by atomic mass is 9.99. The Kier molecular flexibility index (Phi) is 44.7. The third-order valence-corrected chi connectivity index (χ3v) is 12.3. The van der Waals surface area contributed by atoms with Crippen LogP contribution in [0.25, 0.3) is 0 Å². The molecular weight excluding hydrogens is 733 g/mol. The van der Waals surface area contributed by atoms with Gasteiger partial charge in [0, 0.05) is 19.3 Å². The standard InChI is InChI=1S/C53H102O6/c1-6-8-9-31-40-45-53(56)59-50(47-58-52(55)44-39-35-30-26-22-18-19-23-27-32-36-41-48(3)4)46-57-51(54)43-38-34-29-25-21-17-15-13-11-10-12-14-16-20-24-28-33-37-42-49(5)7-2/h48-50H,6-47H2,1-5H3/t49?,50-/m1/s1. The first-order valence-electron chi connectivity index (χ1n) is 26.3. The van der Waals surface area contributed by atoms with E-state index in [-0.39, 0.29) is 31.1 Å². The molecule has 0 rings (SSSR count). The molecule has 0 saturated carbocycles. The van der Waals surface area contributed by atoms with E-state index in [0.29, 0.717) is 19.3 Å². The van der Waals surface area contributed by atoms with Crippen molar-refractivity contribution in [2.75, 3.05) is 13.2 Å². The second-order valence-electron chi connectivity index (χ2n) is 18.9. The monoisotopic (exact) mass is 835 g/mol. The molecule has 0 bridgehead atoms. The molecule has 6 heteroatoms. The Balaban J connectivity index is 4.01. The van der Waals surface area contributed by atoms with Gasteiger partial charge in [-0.2, -0.15) is 0 Å². The predicted octanol–water partition coefficient (Wildman–Crippen LogP) is 16.9. The van der Waals surface area contributed by atoms with Crippen LogP contribution in [0.1, 0.15) is 291 Å². The molecular formula is C53H102O6. The smallest absolute Gasteiger partial charge is 0.306 e. The summed E-state index contributed by atoms with van der Waals surface area (Å²) in [5.74, 6) is 0.874. The molecule has 0 saturated heterocycles. The van der Waals surface area contributed by atoms with Gasteiger partial charge in [-0.05, 0) is 31.1 Å². The van der Waals surface area contributed by atoms with Crippen molar-refractivity contribution >= 4 is 17.9 Å². The van der Waals surface area contributed by atoms with Crippen LogP contribution in [0.15, 0.2) is 0 Å². The Bertz CT molecular complexity index is 902. The van der Waals surface area contributed by atoms with Gasteiger partial charge >= 0.3 is 17.9 Å². The van der Waals surface area contributed by atoms with Gasteiger partial charge in [-0.25, -0.2) is 0 Å². The van der Waals surface area contributed by atoms with Crippen molar-refractivity contribution in [3.63, 3.8) is 0 Å². The molecule has 0 radical (unpaired) electrons. The fraction of sp³-hybridized carbons (Fsp3) is 0.943. The number of carbonyl (C=O) groups excluding carboxylic acids is 3. The first kappa shape index (κ1) is 57.4. The van der Waals surface area contributed by atoms with Crippen LogP contribution in [-0.4, -0.2) is 37.2 Å². The SMILES string of the molecule is CCCCCCCC(=O)O[C@H](COC(=O)CCCCCCCCCCCCCCCCCCCCC(C)CC)COC(=O)CCCCCCCCCCCCCC(C)C. The van der Waals surface area contributed by atoms with Crippen LogP contribution in [0.3, 0.4) is 0 Å². The Labute approximate surface area is 368 Å². The molecule has 0 N–H and O–H groups in total. The molecule has 0 aromatic rings. The molecule has 0 aliphatic rings. The van der Waals surface area contributed by atoms with E-state index in [0.717, 1.165) is 76.0 Å². The second-order valence-corrected chi connectivity index (χ2v) is 18.9. The number of unbranched alkanes of at least 4 members (excludes halogenated alkanes) is 31. The van der Waals surface area contributed by atoms with E-state index in [4.69, 9.17) is 14.2 Å². The van der Waals surface area contributed by atoms with Crippen molar-refractivity contribution in [2.24, 2.45) is 11.8 Å². The summed E-state index contributed by atoms with van der Waals surface area (Å²) in [6, 6.07) is 0. The lowest BCUT2D eigenvalue weighted by Crippen LogP contribution is -2.30. The van der Waals surface area contributed by atoms with Crippen LogP contribution in [0.2, 0.25) is 0 Å². The van der Waals surface area contributed by atoms with Crippen molar-refractivity contribution in [1.29, 1.82) is 0 Å². The largest absolute Gasteiger partial charge is 0.462 e. The third kappa shape index (κ3) is 45.8. The minimum absolute atomic E-state index is 0.0651. The molecule has 0 fully saturated rings. The van der Waals surface area contributed by atoms with Crippen molar-refractivity contribution in [3.8, 4) is 0 Å². The molecule has 0 heterocycles. The number of ether oxygens (including phenoxy) is 3. The Morgan fingerprint density at radius 2 is 0.644 bits per heavy atom. The average molecular weight is 835 g/mol. The summed E-state index contributed by atoms with van der Waals surface area (Å²) in [7, 11) is 0. The van der Waals surface area contributed by atoms with E-state index in [1.54, 1.807) is 0 Å². The summed E-state index contributed by atoms with van der Waals surface area (Å²) in [6.07, 6.45) is 47.0. The number of hydrogen-bond acceptors (Lipinski definition) is 6. The van der Waals surface area contributed by atoms with Gasteiger partial charge < -0.3 is 14.2 Å². The van der Waals surface area contributed by atoms with Crippen molar-refractivity contribution in [3.05, 3.63) is 0 Å². The zero-order valence-electron chi connectivity index (χ0n) is 40.4. The number of carbonyl (C=O) groups is 3. The molecule has 6 nitrogen and oxygen atoms in total. The maximum absolute atomic E-state index is 12.6. The van der Waals surface area contributed by atoms with E-state index in [1.165, 1.54) is 173 Å². The fourth-order valence-corrected chi connectivity index (χ4v) is 7.96. The van der Waals surface area contributed by atoms with Crippen LogP contribution in [0, 0.1) is 11.8 Å². The molecule has 0 aliphatic heterocycles. The minimum Gasteiger partial charge on any atom is -0.462 e. The van der Waals surface area contributed by atoms with Gasteiger partial charge in [0.05, 0.1) is 0 Å². The van der Waals surface area contributed by atoms with Crippen LogP contribution < -0.4 is 0 Å². The zero-order valence-corrected chi connectivity index (χ0v) is 40.4. The Morgan fingerprint density at radius 1 is 0.356 bits per heavy atom. The maximum atomic E-state index is 12.6. The van der Waals surface area contributed by atoms with Gasteiger partial charge in [0.1, 0.15) is 13.2 Å². The third-order valence-electron chi connectivity index (χ3n) is 12.3. The van der Waals surface area contributed by atoms with E-state index in [1.807, 2.05) is 0 Å². The Hall–Kier alpha value is -1.59. The van der Waals surface area contributed by atoms with E-state index < -0.39 is 6.10 Å². The molecule has 350 valence electrons. The normalized spacial score (nSPS) is 12.5. The van der Waals surface area contributed by atoms with Gasteiger partial charge in [0.25, 0.3) is 0 Å². The number of hydrogen-bond donors (Lipinski definition) is 0. The lowest BCUT2D eigenvalue weighted by Gasteiger charge is -2.18. The van der Waals surface area contributed by atoms with Gasteiger partial charge in [-0.1, -0.05) is 253 Å². The highest BCUT2D eigenvalue weighted by Gasteiger charge is 2.19. The molecule has 1 unspecified atom stereocenters. The van der Waals surface area contributed by atoms with E-state index in [9.17, 15) is 14.4 Å². The zero-order chi connectivity index (χ0) is 43.3. The fourth-order valence-electron chi connectivity index (χ4n) is 7.96. The van der Waals surface area contributed by atoms with Crippen LogP contribution >= 0.6 is 0 Å². The van der Waals surface area contributed by atoms with Crippen LogP contribution in [0.5, 0.6) is 0 Å². The molecule has 59 heavy (non-hydrogen) atoms. The number of esters is 3. The highest BCUT2D eigenvalue weighted by atomic mass is 16.6. The van der Waals surface area contributed by atoms with Crippen molar-refractivity contribution in [1.82, 2.24) is 0 Å². The molecule has 0 aliphatic carbocycles. The minimum atomic E-state index is -0.759. The first-order chi connectivity index (χ1) is 28.8. The summed E-state index contributed by atoms with van der Waals surface area (Å²) >= 11 is 0. The molecule has 2 atom stereocenters. The quantitative estimate of drug-likeness (QED) is 0.0345. The topological polar surface area (TPSA) is 78.9 Å². The summed E-state index contributed by atoms with van der Waals surface area (Å²) in [6.45, 7) is 11.3. The summed E-state index contributed by atoms with van der Waals surface area (Å²) < 4.78 is 16.7. The van der Waals surface area contributed by atoms with E-state index >= 15 is 0 Å². The molecule has 0 spiro atoms. The highest BCUT2D eigenvalue weighted by molar-refractivity contribution is 5.71. The first-order valence-corrected chi connectivity index (χ1v) is 26.3. The average Bonchev–Trinajstić information content (AvgIpc) is 3.22. The summed E-state index contributed by atoms with van der Waals surface area (Å²) in [5, 5.41) is 0. The highest BCUT2D eigenvalue weighted by Crippen LogP contribution is 2.18. The molecule has 0 amide bonds.